The van der Waals surface area contributed by atoms with Gasteiger partial charge in [-0.3, -0.25) is 4.57 Å². The van der Waals surface area contributed by atoms with Gasteiger partial charge >= 0.3 is 0 Å². The normalized spacial score (nSPS) is 31.1. The maximum atomic E-state index is 10.1. The summed E-state index contributed by atoms with van der Waals surface area (Å²) in [6, 6.07) is -0.549. The molecule has 1 saturated heterocycles. The molecule has 0 radical (unpaired) electrons. The van der Waals surface area contributed by atoms with Gasteiger partial charge in [-0.25, -0.2) is 15.0 Å². The van der Waals surface area contributed by atoms with Gasteiger partial charge in [-0.2, -0.15) is 0 Å². The summed E-state index contributed by atoms with van der Waals surface area (Å²) >= 11 is 0. The number of nitrogen functional groups attached to an aromatic ring is 1. The van der Waals surface area contributed by atoms with E-state index in [0.717, 1.165) is 0 Å². The molecule has 7 N–H and O–H groups in total. The molecule has 3 rings (SSSR count). The maximum absolute atomic E-state index is 10.1. The highest BCUT2D eigenvalue weighted by atomic mass is 16.5. The van der Waals surface area contributed by atoms with Crippen LogP contribution in [0.3, 0.4) is 0 Å². The Morgan fingerprint density at radius 3 is 2.84 bits per heavy atom. The van der Waals surface area contributed by atoms with E-state index in [9.17, 15) is 5.11 Å². The fourth-order valence-electron chi connectivity index (χ4n) is 2.26. The van der Waals surface area contributed by atoms with Crippen molar-refractivity contribution in [2.75, 3.05) is 12.3 Å². The summed E-state index contributed by atoms with van der Waals surface area (Å²) in [7, 11) is 0. The van der Waals surface area contributed by atoms with Crippen molar-refractivity contribution in [1.29, 1.82) is 0 Å². The van der Waals surface area contributed by atoms with Crippen LogP contribution in [0.4, 0.5) is 5.82 Å². The number of ether oxygens (including phenoxy) is 1. The lowest BCUT2D eigenvalue weighted by Crippen LogP contribution is -2.42. The molecule has 4 atom stereocenters. The lowest BCUT2D eigenvalue weighted by atomic mass is 10.1. The molecule has 9 nitrogen and oxygen atoms in total. The number of aliphatic hydroxyl groups excluding tert-OH is 1. The number of hydrogen-bond acceptors (Lipinski definition) is 8. The summed E-state index contributed by atoms with van der Waals surface area (Å²) in [4.78, 5) is 12.1. The van der Waals surface area contributed by atoms with Crippen LogP contribution in [0.2, 0.25) is 0 Å². The van der Waals surface area contributed by atoms with Crippen molar-refractivity contribution in [3.05, 3.63) is 12.7 Å². The number of fused-ring (bicyclic) bond motifs is 1. The van der Waals surface area contributed by atoms with E-state index in [1.165, 1.54) is 12.7 Å². The molecule has 0 amide bonds. The number of aliphatic hydroxyl groups is 1. The van der Waals surface area contributed by atoms with Gasteiger partial charge in [0.25, 0.3) is 0 Å². The fraction of sp³-hybridized carbons (Fsp3) is 0.500. The topological polar surface area (TPSA) is 151 Å². The van der Waals surface area contributed by atoms with E-state index in [0.29, 0.717) is 11.2 Å². The van der Waals surface area contributed by atoms with Crippen LogP contribution in [0.1, 0.15) is 6.23 Å². The number of aromatic nitrogens is 4. The van der Waals surface area contributed by atoms with Crippen molar-refractivity contribution in [2.24, 2.45) is 11.5 Å². The van der Waals surface area contributed by atoms with E-state index in [4.69, 9.17) is 21.9 Å². The van der Waals surface area contributed by atoms with Gasteiger partial charge in [0.2, 0.25) is 0 Å². The molecular weight excluding hydrogens is 250 g/mol. The third kappa shape index (κ3) is 1.75. The average molecular weight is 265 g/mol. The molecule has 2 aromatic rings. The fourth-order valence-corrected chi connectivity index (χ4v) is 2.26. The molecule has 1 fully saturated rings. The van der Waals surface area contributed by atoms with Crippen molar-refractivity contribution in [3.63, 3.8) is 0 Å². The highest BCUT2D eigenvalue weighted by Crippen LogP contribution is 2.30. The Morgan fingerprint density at radius 1 is 1.37 bits per heavy atom. The van der Waals surface area contributed by atoms with E-state index in [2.05, 4.69) is 15.0 Å². The van der Waals surface area contributed by atoms with Gasteiger partial charge in [-0.15, -0.1) is 0 Å². The minimum atomic E-state index is -0.887. The van der Waals surface area contributed by atoms with Crippen LogP contribution in [0.25, 0.3) is 11.2 Å². The Hall–Kier alpha value is -1.81. The molecule has 9 heteroatoms. The second-order valence-corrected chi connectivity index (χ2v) is 4.45. The average Bonchev–Trinajstić information content (AvgIpc) is 2.94. The number of rotatable bonds is 2. The number of hydrogen-bond donors (Lipinski definition) is 4. The molecule has 0 saturated carbocycles. The first-order valence-electron chi connectivity index (χ1n) is 5.85. The molecule has 2 aromatic heterocycles. The zero-order valence-corrected chi connectivity index (χ0v) is 10.0. The van der Waals surface area contributed by atoms with Crippen molar-refractivity contribution in [2.45, 2.75) is 24.5 Å². The number of nitrogens with two attached hydrogens (primary N) is 3. The molecule has 0 aliphatic carbocycles. The van der Waals surface area contributed by atoms with Crippen LogP contribution in [0.15, 0.2) is 12.7 Å². The van der Waals surface area contributed by atoms with Crippen LogP contribution >= 0.6 is 0 Å². The van der Waals surface area contributed by atoms with Gasteiger partial charge in [0, 0.05) is 6.54 Å². The number of nitrogens with zero attached hydrogens (tertiary/aromatic N) is 4. The second-order valence-electron chi connectivity index (χ2n) is 4.45. The largest absolute Gasteiger partial charge is 0.387 e. The van der Waals surface area contributed by atoms with Crippen LogP contribution in [-0.2, 0) is 4.74 Å². The molecular formula is C10H15N7O2. The molecule has 3 heterocycles. The first-order chi connectivity index (χ1) is 9.13. The molecule has 1 aliphatic rings. The Labute approximate surface area is 108 Å². The second kappa shape index (κ2) is 4.38. The van der Waals surface area contributed by atoms with Crippen molar-refractivity contribution in [1.82, 2.24) is 19.5 Å². The van der Waals surface area contributed by atoms with Crippen LogP contribution in [0.5, 0.6) is 0 Å². The molecule has 19 heavy (non-hydrogen) atoms. The standard InChI is InChI=1S/C10H15N7O2/c11-1-4-5(12)7(18)10(19-4)17-3-16-6-8(13)14-2-15-9(6)17/h2-5,7,10,18H,1,11-12H2,(H2,13,14,15)/t4-,5?,7-,10-/m1/s1. The minimum Gasteiger partial charge on any atom is -0.387 e. The van der Waals surface area contributed by atoms with Crippen LogP contribution in [-0.4, -0.2) is 49.4 Å². The van der Waals surface area contributed by atoms with Crippen LogP contribution in [0, 0.1) is 0 Å². The number of anilines is 1. The zero-order valence-electron chi connectivity index (χ0n) is 10.0. The molecule has 0 aromatic carbocycles. The molecule has 102 valence electrons. The summed E-state index contributed by atoms with van der Waals surface area (Å²) in [5.74, 6) is 0.274. The maximum Gasteiger partial charge on any atom is 0.167 e. The number of imidazole rings is 1. The van der Waals surface area contributed by atoms with Crippen molar-refractivity contribution >= 4 is 17.0 Å². The Morgan fingerprint density at radius 2 is 2.16 bits per heavy atom. The molecule has 1 unspecified atom stereocenters. The predicted molar refractivity (Wildman–Crippen MR) is 66.7 cm³/mol. The van der Waals surface area contributed by atoms with E-state index < -0.39 is 24.5 Å². The van der Waals surface area contributed by atoms with Gasteiger partial charge in [-0.1, -0.05) is 0 Å². The van der Waals surface area contributed by atoms with Gasteiger partial charge in [0.1, 0.15) is 17.9 Å². The van der Waals surface area contributed by atoms with Crippen molar-refractivity contribution in [3.8, 4) is 0 Å². The van der Waals surface area contributed by atoms with Gasteiger partial charge in [0.05, 0.1) is 18.5 Å². The monoisotopic (exact) mass is 265 g/mol. The lowest BCUT2D eigenvalue weighted by molar-refractivity contribution is -0.0321. The van der Waals surface area contributed by atoms with Crippen LogP contribution < -0.4 is 17.2 Å². The third-order valence-corrected chi connectivity index (χ3v) is 3.32. The third-order valence-electron chi connectivity index (χ3n) is 3.32. The van der Waals surface area contributed by atoms with E-state index >= 15 is 0 Å². The van der Waals surface area contributed by atoms with Gasteiger partial charge in [0.15, 0.2) is 17.7 Å². The Kier molecular flexibility index (Phi) is 2.82. The molecule has 1 aliphatic heterocycles. The molecule has 0 spiro atoms. The van der Waals surface area contributed by atoms with E-state index in [-0.39, 0.29) is 12.4 Å². The Bertz CT molecular complexity index is 601. The zero-order chi connectivity index (χ0) is 13.6. The summed E-state index contributed by atoms with van der Waals surface area (Å²) in [5, 5.41) is 10.1. The predicted octanol–water partition coefficient (Wildman–Crippen LogP) is -2.05. The quantitative estimate of drug-likeness (QED) is 0.484. The summed E-state index contributed by atoms with van der Waals surface area (Å²) in [6.07, 6.45) is 0.855. The van der Waals surface area contributed by atoms with Gasteiger partial charge in [-0.05, 0) is 0 Å². The lowest BCUT2D eigenvalue weighted by Gasteiger charge is -2.16. The van der Waals surface area contributed by atoms with Crippen molar-refractivity contribution < 1.29 is 9.84 Å². The van der Waals surface area contributed by atoms with E-state index in [1.807, 2.05) is 0 Å². The highest BCUT2D eigenvalue weighted by Gasteiger charge is 2.42. The Balaban J connectivity index is 2.04. The van der Waals surface area contributed by atoms with Gasteiger partial charge < -0.3 is 27.0 Å². The summed E-state index contributed by atoms with van der Waals surface area (Å²) in [5.41, 5.74) is 18.1. The summed E-state index contributed by atoms with van der Waals surface area (Å²) < 4.78 is 7.24. The summed E-state index contributed by atoms with van der Waals surface area (Å²) in [6.45, 7) is 0.235. The SMILES string of the molecule is NC[C@H]1O[C@@H](n2cnc3c(N)ncnc32)[C@H](O)C1N. The first kappa shape index (κ1) is 12.2. The van der Waals surface area contributed by atoms with E-state index in [1.54, 1.807) is 4.57 Å². The highest BCUT2D eigenvalue weighted by molar-refractivity contribution is 5.81. The molecule has 0 bridgehead atoms. The first-order valence-corrected chi connectivity index (χ1v) is 5.85. The minimum absolute atomic E-state index is 0.235. The smallest absolute Gasteiger partial charge is 0.167 e.